The SMILES string of the molecule is CCC(CC)(CC(=O)N1CCCC(C(C)C)CC1)C(=O)O. The zero-order chi connectivity index (χ0) is 16.0. The van der Waals surface area contributed by atoms with Gasteiger partial charge in [0, 0.05) is 19.5 Å². The van der Waals surface area contributed by atoms with Crippen molar-refractivity contribution in [3.05, 3.63) is 0 Å². The Morgan fingerprint density at radius 2 is 1.81 bits per heavy atom. The highest BCUT2D eigenvalue weighted by atomic mass is 16.4. The highest BCUT2D eigenvalue weighted by Gasteiger charge is 2.38. The van der Waals surface area contributed by atoms with Crippen molar-refractivity contribution in [3.8, 4) is 0 Å². The van der Waals surface area contributed by atoms with Crippen molar-refractivity contribution in [3.63, 3.8) is 0 Å². The molecule has 1 aliphatic heterocycles. The lowest BCUT2D eigenvalue weighted by Crippen LogP contribution is -2.39. The van der Waals surface area contributed by atoms with Gasteiger partial charge in [-0.25, -0.2) is 0 Å². The maximum absolute atomic E-state index is 12.5. The molecule has 1 aliphatic rings. The van der Waals surface area contributed by atoms with E-state index in [1.807, 2.05) is 18.7 Å². The molecule has 21 heavy (non-hydrogen) atoms. The van der Waals surface area contributed by atoms with Gasteiger partial charge in [-0.05, 0) is 43.9 Å². The van der Waals surface area contributed by atoms with E-state index in [0.717, 1.165) is 25.9 Å². The van der Waals surface area contributed by atoms with Crippen molar-refractivity contribution in [1.29, 1.82) is 0 Å². The average Bonchev–Trinajstić information content (AvgIpc) is 2.70. The van der Waals surface area contributed by atoms with Crippen molar-refractivity contribution in [1.82, 2.24) is 4.90 Å². The number of amides is 1. The quantitative estimate of drug-likeness (QED) is 0.815. The molecule has 0 aromatic rings. The molecule has 4 heteroatoms. The van der Waals surface area contributed by atoms with Crippen LogP contribution in [-0.2, 0) is 9.59 Å². The van der Waals surface area contributed by atoms with Crippen LogP contribution in [0.1, 0.15) is 66.2 Å². The fraction of sp³-hybridized carbons (Fsp3) is 0.882. The van der Waals surface area contributed by atoms with Crippen LogP contribution in [0, 0.1) is 17.3 Å². The van der Waals surface area contributed by atoms with Gasteiger partial charge in [-0.3, -0.25) is 9.59 Å². The molecule has 4 nitrogen and oxygen atoms in total. The number of hydrogen-bond acceptors (Lipinski definition) is 2. The molecule has 1 fully saturated rings. The number of hydrogen-bond donors (Lipinski definition) is 1. The van der Waals surface area contributed by atoms with E-state index in [1.54, 1.807) is 0 Å². The Morgan fingerprint density at radius 1 is 1.19 bits per heavy atom. The van der Waals surface area contributed by atoms with Crippen LogP contribution in [0.3, 0.4) is 0 Å². The van der Waals surface area contributed by atoms with E-state index >= 15 is 0 Å². The molecule has 122 valence electrons. The van der Waals surface area contributed by atoms with E-state index < -0.39 is 11.4 Å². The Kier molecular flexibility index (Phi) is 6.69. The Balaban J connectivity index is 2.68. The van der Waals surface area contributed by atoms with Gasteiger partial charge in [-0.15, -0.1) is 0 Å². The molecular formula is C17H31NO3. The van der Waals surface area contributed by atoms with Gasteiger partial charge in [-0.1, -0.05) is 27.7 Å². The minimum Gasteiger partial charge on any atom is -0.481 e. The smallest absolute Gasteiger partial charge is 0.310 e. The Labute approximate surface area is 128 Å². The van der Waals surface area contributed by atoms with Crippen LogP contribution in [-0.4, -0.2) is 35.0 Å². The number of likely N-dealkylation sites (tertiary alicyclic amines) is 1. The summed E-state index contributed by atoms with van der Waals surface area (Å²) < 4.78 is 0. The zero-order valence-electron chi connectivity index (χ0n) is 14.0. The fourth-order valence-electron chi connectivity index (χ4n) is 3.32. The number of carboxylic acids is 1. The first-order valence-electron chi connectivity index (χ1n) is 8.37. The van der Waals surface area contributed by atoms with Crippen LogP contribution >= 0.6 is 0 Å². The molecule has 0 saturated carbocycles. The van der Waals surface area contributed by atoms with Crippen LogP contribution in [0.25, 0.3) is 0 Å². The highest BCUT2D eigenvalue weighted by Crippen LogP contribution is 2.32. The van der Waals surface area contributed by atoms with E-state index in [2.05, 4.69) is 13.8 Å². The molecule has 0 aromatic heterocycles. The highest BCUT2D eigenvalue weighted by molar-refractivity contribution is 5.85. The lowest BCUT2D eigenvalue weighted by Gasteiger charge is -2.29. The van der Waals surface area contributed by atoms with E-state index in [0.29, 0.717) is 24.7 Å². The lowest BCUT2D eigenvalue weighted by atomic mass is 9.79. The van der Waals surface area contributed by atoms with Crippen molar-refractivity contribution in [2.75, 3.05) is 13.1 Å². The van der Waals surface area contributed by atoms with Gasteiger partial charge in [0.05, 0.1) is 5.41 Å². The van der Waals surface area contributed by atoms with Crippen molar-refractivity contribution in [2.24, 2.45) is 17.3 Å². The molecule has 0 aliphatic carbocycles. The first kappa shape index (κ1) is 18.0. The number of carboxylic acid groups (broad SMARTS) is 1. The number of carbonyl (C=O) groups excluding carboxylic acids is 1. The Bertz CT molecular complexity index is 361. The van der Waals surface area contributed by atoms with Gasteiger partial charge in [0.15, 0.2) is 0 Å². The summed E-state index contributed by atoms with van der Waals surface area (Å²) in [6.07, 6.45) is 4.41. The van der Waals surface area contributed by atoms with Gasteiger partial charge in [-0.2, -0.15) is 0 Å². The number of rotatable bonds is 6. The molecule has 0 radical (unpaired) electrons. The molecule has 1 unspecified atom stereocenters. The molecule has 1 atom stereocenters. The van der Waals surface area contributed by atoms with E-state index in [1.165, 1.54) is 6.42 Å². The van der Waals surface area contributed by atoms with Crippen LogP contribution in [0.4, 0.5) is 0 Å². The molecule has 0 spiro atoms. The second-order valence-corrected chi connectivity index (χ2v) is 6.79. The van der Waals surface area contributed by atoms with Crippen LogP contribution < -0.4 is 0 Å². The predicted molar refractivity (Wildman–Crippen MR) is 84.0 cm³/mol. The van der Waals surface area contributed by atoms with Gasteiger partial charge in [0.1, 0.15) is 0 Å². The summed E-state index contributed by atoms with van der Waals surface area (Å²) in [6, 6.07) is 0. The van der Waals surface area contributed by atoms with Gasteiger partial charge in [0.2, 0.25) is 5.91 Å². The molecular weight excluding hydrogens is 266 g/mol. The maximum atomic E-state index is 12.5. The van der Waals surface area contributed by atoms with Crippen LogP contribution in [0.2, 0.25) is 0 Å². The molecule has 1 amide bonds. The lowest BCUT2D eigenvalue weighted by molar-refractivity contribution is -0.154. The Hall–Kier alpha value is -1.06. The monoisotopic (exact) mass is 297 g/mol. The molecule has 1 rings (SSSR count). The van der Waals surface area contributed by atoms with Crippen molar-refractivity contribution >= 4 is 11.9 Å². The first-order valence-corrected chi connectivity index (χ1v) is 8.37. The topological polar surface area (TPSA) is 57.6 Å². The summed E-state index contributed by atoms with van der Waals surface area (Å²) in [5.74, 6) is 0.523. The summed E-state index contributed by atoms with van der Waals surface area (Å²) in [4.78, 5) is 26.0. The van der Waals surface area contributed by atoms with Gasteiger partial charge >= 0.3 is 5.97 Å². The van der Waals surface area contributed by atoms with Crippen LogP contribution in [0.15, 0.2) is 0 Å². The van der Waals surface area contributed by atoms with Crippen molar-refractivity contribution in [2.45, 2.75) is 66.2 Å². The summed E-state index contributed by atoms with van der Waals surface area (Å²) in [6.45, 7) is 9.78. The van der Waals surface area contributed by atoms with Gasteiger partial charge < -0.3 is 10.0 Å². The fourth-order valence-corrected chi connectivity index (χ4v) is 3.32. The standard InChI is InChI=1S/C17H31NO3/c1-5-17(6-2,16(20)21)12-15(19)18-10-7-8-14(9-11-18)13(3)4/h13-14H,5-12H2,1-4H3,(H,20,21). The number of nitrogens with zero attached hydrogens (tertiary/aromatic N) is 1. The van der Waals surface area contributed by atoms with E-state index in [9.17, 15) is 14.7 Å². The van der Waals surface area contributed by atoms with E-state index in [4.69, 9.17) is 0 Å². The number of aliphatic carboxylic acids is 1. The molecule has 0 aromatic carbocycles. The summed E-state index contributed by atoms with van der Waals surface area (Å²) in [7, 11) is 0. The van der Waals surface area contributed by atoms with Crippen LogP contribution in [0.5, 0.6) is 0 Å². The summed E-state index contributed by atoms with van der Waals surface area (Å²) in [5.41, 5.74) is -0.888. The van der Waals surface area contributed by atoms with Gasteiger partial charge in [0.25, 0.3) is 0 Å². The maximum Gasteiger partial charge on any atom is 0.310 e. The Morgan fingerprint density at radius 3 is 2.29 bits per heavy atom. The molecule has 1 saturated heterocycles. The zero-order valence-corrected chi connectivity index (χ0v) is 14.0. The largest absolute Gasteiger partial charge is 0.481 e. The minimum absolute atomic E-state index is 0.0190. The number of carbonyl (C=O) groups is 2. The minimum atomic E-state index is -0.888. The second kappa shape index (κ2) is 7.81. The summed E-state index contributed by atoms with van der Waals surface area (Å²) >= 11 is 0. The third kappa shape index (κ3) is 4.45. The van der Waals surface area contributed by atoms with Crippen molar-refractivity contribution < 1.29 is 14.7 Å². The third-order valence-corrected chi connectivity index (χ3v) is 5.37. The first-order chi connectivity index (χ1) is 9.86. The molecule has 1 heterocycles. The second-order valence-electron chi connectivity index (χ2n) is 6.79. The van der Waals surface area contributed by atoms with E-state index in [-0.39, 0.29) is 12.3 Å². The third-order valence-electron chi connectivity index (χ3n) is 5.37. The predicted octanol–water partition coefficient (Wildman–Crippen LogP) is 3.55. The average molecular weight is 297 g/mol. The normalized spacial score (nSPS) is 20.4. The summed E-state index contributed by atoms with van der Waals surface area (Å²) in [5, 5.41) is 9.47. The molecule has 1 N–H and O–H groups in total. The molecule has 0 bridgehead atoms.